The van der Waals surface area contributed by atoms with Gasteiger partial charge in [-0.05, 0) is 68.4 Å². The Kier molecular flexibility index (Phi) is 11.7. The van der Waals surface area contributed by atoms with E-state index in [4.69, 9.17) is 14.1 Å². The summed E-state index contributed by atoms with van der Waals surface area (Å²) in [6.45, 7) is 8.03. The molecule has 0 bridgehead atoms. The summed E-state index contributed by atoms with van der Waals surface area (Å²) in [5, 5.41) is 9.75. The first kappa shape index (κ1) is 27.2. The molecule has 1 saturated carbocycles. The summed E-state index contributed by atoms with van der Waals surface area (Å²) in [6, 6.07) is 11.1. The van der Waals surface area contributed by atoms with Crippen LogP contribution in [0, 0.1) is 5.41 Å². The van der Waals surface area contributed by atoms with E-state index in [1.54, 1.807) is 12.1 Å². The quantitative estimate of drug-likeness (QED) is 0.150. The highest BCUT2D eigenvalue weighted by molar-refractivity contribution is 14.0. The molecule has 8 heteroatoms. The molecule has 1 fully saturated rings. The summed E-state index contributed by atoms with van der Waals surface area (Å²) in [7, 11) is 0. The summed E-state index contributed by atoms with van der Waals surface area (Å²) in [5.74, 6) is 0.872. The van der Waals surface area contributed by atoms with Gasteiger partial charge in [0.25, 0.3) is 5.91 Å². The minimum Gasteiger partial charge on any atom is -0.459 e. The second kappa shape index (κ2) is 14.2. The normalized spacial score (nSPS) is 15.0. The average molecular weight is 569 g/mol. The highest BCUT2D eigenvalue weighted by Crippen LogP contribution is 2.40. The number of furan rings is 1. The number of carbonyl (C=O) groups is 1. The molecule has 1 amide bonds. The Labute approximate surface area is 214 Å². The fraction of sp³-hybridized carbons (Fsp3) is 0.520. The number of aliphatic imine (C=N–C) groups is 1. The summed E-state index contributed by atoms with van der Waals surface area (Å²) >= 11 is 0. The number of hydrogen-bond acceptors (Lipinski definition) is 4. The number of carbonyl (C=O) groups excluding carboxylic acids is 1. The number of guanidine groups is 1. The third kappa shape index (κ3) is 8.66. The lowest BCUT2D eigenvalue weighted by Crippen LogP contribution is -2.43. The van der Waals surface area contributed by atoms with Crippen LogP contribution < -0.4 is 16.0 Å². The van der Waals surface area contributed by atoms with Crippen LogP contribution in [-0.4, -0.2) is 38.2 Å². The molecule has 1 aromatic heterocycles. The highest BCUT2D eigenvalue weighted by atomic mass is 127. The van der Waals surface area contributed by atoms with Crippen LogP contribution in [0.1, 0.15) is 62.1 Å². The van der Waals surface area contributed by atoms with Crippen LogP contribution in [-0.2, 0) is 11.3 Å². The molecule has 0 saturated heterocycles. The summed E-state index contributed by atoms with van der Waals surface area (Å²) in [4.78, 5) is 16.9. The maximum Gasteiger partial charge on any atom is 0.291 e. The molecule has 7 nitrogen and oxygen atoms in total. The van der Waals surface area contributed by atoms with Crippen LogP contribution in [0.2, 0.25) is 0 Å². The van der Waals surface area contributed by atoms with E-state index in [9.17, 15) is 4.79 Å². The van der Waals surface area contributed by atoms with Gasteiger partial charge in [-0.1, -0.05) is 25.0 Å². The van der Waals surface area contributed by atoms with Crippen molar-refractivity contribution in [2.75, 3.05) is 31.6 Å². The van der Waals surface area contributed by atoms with E-state index in [2.05, 4.69) is 29.8 Å². The number of nitrogens with zero attached hydrogens (tertiary/aromatic N) is 1. The van der Waals surface area contributed by atoms with E-state index in [1.165, 1.54) is 31.9 Å². The molecule has 1 heterocycles. The second-order valence-corrected chi connectivity index (χ2v) is 8.33. The molecule has 1 aliphatic rings. The van der Waals surface area contributed by atoms with Crippen LogP contribution >= 0.6 is 24.0 Å². The van der Waals surface area contributed by atoms with Gasteiger partial charge in [-0.3, -0.25) is 4.79 Å². The zero-order valence-corrected chi connectivity index (χ0v) is 22.0. The highest BCUT2D eigenvalue weighted by Gasteiger charge is 2.33. The first-order valence-electron chi connectivity index (χ1n) is 11.7. The second-order valence-electron chi connectivity index (χ2n) is 8.33. The van der Waals surface area contributed by atoms with Gasteiger partial charge in [0.2, 0.25) is 0 Å². The molecule has 0 unspecified atom stereocenters. The molecule has 1 aromatic carbocycles. The third-order valence-electron chi connectivity index (χ3n) is 6.00. The Morgan fingerprint density at radius 1 is 1.12 bits per heavy atom. The van der Waals surface area contributed by atoms with Crippen LogP contribution in [0.25, 0.3) is 0 Å². The number of halogens is 1. The smallest absolute Gasteiger partial charge is 0.291 e. The van der Waals surface area contributed by atoms with Crippen molar-refractivity contribution in [3.05, 3.63) is 54.0 Å². The fourth-order valence-corrected chi connectivity index (χ4v) is 4.15. The lowest BCUT2D eigenvalue weighted by Gasteiger charge is -2.30. The van der Waals surface area contributed by atoms with Gasteiger partial charge >= 0.3 is 0 Å². The van der Waals surface area contributed by atoms with Crippen molar-refractivity contribution >= 4 is 41.5 Å². The van der Waals surface area contributed by atoms with Gasteiger partial charge in [0.1, 0.15) is 0 Å². The van der Waals surface area contributed by atoms with Crippen molar-refractivity contribution in [1.82, 2.24) is 10.6 Å². The summed E-state index contributed by atoms with van der Waals surface area (Å²) in [5.41, 5.74) is 2.10. The SMILES string of the molecule is CCNC(=NCc1ccc(NC(=O)c2ccco2)cc1)NCC1(CCOCC)CCCC1.I. The van der Waals surface area contributed by atoms with Gasteiger partial charge in [-0.15, -0.1) is 24.0 Å². The molecule has 33 heavy (non-hydrogen) atoms. The van der Waals surface area contributed by atoms with Crippen molar-refractivity contribution in [2.24, 2.45) is 10.4 Å². The molecule has 3 N–H and O–H groups in total. The predicted octanol–water partition coefficient (Wildman–Crippen LogP) is 5.19. The van der Waals surface area contributed by atoms with E-state index < -0.39 is 0 Å². The molecule has 2 aromatic rings. The zero-order valence-electron chi connectivity index (χ0n) is 19.7. The Bertz CT molecular complexity index is 847. The van der Waals surface area contributed by atoms with Crippen LogP contribution in [0.5, 0.6) is 0 Å². The molecular weight excluding hydrogens is 531 g/mol. The molecule has 0 radical (unpaired) electrons. The Hall–Kier alpha value is -2.07. The number of nitrogens with one attached hydrogen (secondary N) is 3. The molecule has 0 atom stereocenters. The van der Waals surface area contributed by atoms with Crippen LogP contribution in [0.4, 0.5) is 5.69 Å². The van der Waals surface area contributed by atoms with Gasteiger partial charge in [0, 0.05) is 32.0 Å². The number of amides is 1. The van der Waals surface area contributed by atoms with E-state index >= 15 is 0 Å². The molecular formula is C25H37IN4O3. The van der Waals surface area contributed by atoms with E-state index in [0.29, 0.717) is 17.7 Å². The Morgan fingerprint density at radius 2 is 1.88 bits per heavy atom. The van der Waals surface area contributed by atoms with Crippen molar-refractivity contribution < 1.29 is 13.9 Å². The first-order valence-corrected chi connectivity index (χ1v) is 11.7. The largest absolute Gasteiger partial charge is 0.459 e. The first-order chi connectivity index (χ1) is 15.6. The Morgan fingerprint density at radius 3 is 2.52 bits per heavy atom. The lowest BCUT2D eigenvalue weighted by atomic mass is 9.83. The van der Waals surface area contributed by atoms with Gasteiger partial charge in [-0.25, -0.2) is 4.99 Å². The summed E-state index contributed by atoms with van der Waals surface area (Å²) < 4.78 is 10.8. The molecule has 0 spiro atoms. The predicted molar refractivity (Wildman–Crippen MR) is 143 cm³/mol. The average Bonchev–Trinajstić information content (AvgIpc) is 3.50. The van der Waals surface area contributed by atoms with Crippen molar-refractivity contribution in [2.45, 2.75) is 52.5 Å². The zero-order chi connectivity index (χ0) is 22.7. The van der Waals surface area contributed by atoms with Crippen molar-refractivity contribution in [3.8, 4) is 0 Å². The van der Waals surface area contributed by atoms with Gasteiger partial charge in [0.15, 0.2) is 11.7 Å². The molecule has 1 aliphatic carbocycles. The van der Waals surface area contributed by atoms with Gasteiger partial charge in [-0.2, -0.15) is 0 Å². The summed E-state index contributed by atoms with van der Waals surface area (Å²) in [6.07, 6.45) is 7.67. The number of rotatable bonds is 11. The molecule has 3 rings (SSSR count). The monoisotopic (exact) mass is 568 g/mol. The maximum atomic E-state index is 12.1. The number of hydrogen-bond donors (Lipinski definition) is 3. The van der Waals surface area contributed by atoms with E-state index in [0.717, 1.165) is 49.9 Å². The molecule has 0 aliphatic heterocycles. The number of ether oxygens (including phenoxy) is 1. The maximum absolute atomic E-state index is 12.1. The van der Waals surface area contributed by atoms with Crippen LogP contribution in [0.15, 0.2) is 52.1 Å². The number of anilines is 1. The standard InChI is InChI=1S/C25H36N4O3.HI/c1-3-26-24(28-19-25(13-5-6-14-25)15-17-31-4-2)27-18-20-9-11-21(12-10-20)29-23(30)22-8-7-16-32-22;/h7-12,16H,3-6,13-15,17-19H2,1-2H3,(H,29,30)(H2,26,27,28);1H. The minimum absolute atomic E-state index is 0. The van der Waals surface area contributed by atoms with Crippen LogP contribution in [0.3, 0.4) is 0 Å². The van der Waals surface area contributed by atoms with Gasteiger partial charge in [0.05, 0.1) is 12.8 Å². The van der Waals surface area contributed by atoms with Gasteiger partial charge < -0.3 is 25.1 Å². The van der Waals surface area contributed by atoms with Crippen molar-refractivity contribution in [3.63, 3.8) is 0 Å². The molecule has 182 valence electrons. The fourth-order valence-electron chi connectivity index (χ4n) is 4.15. The lowest BCUT2D eigenvalue weighted by molar-refractivity contribution is 0.0996. The Balaban J connectivity index is 0.00000385. The minimum atomic E-state index is -0.260. The van der Waals surface area contributed by atoms with E-state index in [-0.39, 0.29) is 29.9 Å². The van der Waals surface area contributed by atoms with Crippen molar-refractivity contribution in [1.29, 1.82) is 0 Å². The van der Waals surface area contributed by atoms with E-state index in [1.807, 2.05) is 24.3 Å². The topological polar surface area (TPSA) is 87.9 Å². The third-order valence-corrected chi connectivity index (χ3v) is 6.00. The number of benzene rings is 1.